The predicted molar refractivity (Wildman–Crippen MR) is 79.1 cm³/mol. The van der Waals surface area contributed by atoms with Crippen molar-refractivity contribution in [3.8, 4) is 0 Å². The van der Waals surface area contributed by atoms with Crippen LogP contribution in [0.1, 0.15) is 27.2 Å². The van der Waals surface area contributed by atoms with Gasteiger partial charge >= 0.3 is 11.9 Å². The second kappa shape index (κ2) is 7.44. The summed E-state index contributed by atoms with van der Waals surface area (Å²) < 4.78 is 9.90. The van der Waals surface area contributed by atoms with Gasteiger partial charge in [-0.1, -0.05) is 6.58 Å². The van der Waals surface area contributed by atoms with Crippen LogP contribution >= 0.6 is 0 Å². The fourth-order valence-electron chi connectivity index (χ4n) is 1.46. The van der Waals surface area contributed by atoms with Gasteiger partial charge in [-0.3, -0.25) is 4.79 Å². The maximum absolute atomic E-state index is 11.5. The Balaban J connectivity index is 2.33. The van der Waals surface area contributed by atoms with Gasteiger partial charge in [0, 0.05) is 30.3 Å². The molecule has 1 aliphatic heterocycles. The zero-order valence-corrected chi connectivity index (χ0v) is 12.9. The summed E-state index contributed by atoms with van der Waals surface area (Å²) in [6, 6.07) is 0. The van der Waals surface area contributed by atoms with E-state index in [9.17, 15) is 14.4 Å². The second-order valence-corrected chi connectivity index (χ2v) is 5.53. The van der Waals surface area contributed by atoms with Gasteiger partial charge < -0.3 is 20.1 Å². The molecule has 0 aromatic carbocycles. The molecule has 2 N–H and O–H groups in total. The molecule has 0 aromatic heterocycles. The maximum Gasteiger partial charge on any atom is 0.331 e. The molecule has 22 heavy (non-hydrogen) atoms. The summed E-state index contributed by atoms with van der Waals surface area (Å²) in [5.74, 6) is -1.20. The van der Waals surface area contributed by atoms with E-state index in [1.54, 1.807) is 20.8 Å². The molecule has 0 atom stereocenters. The van der Waals surface area contributed by atoms with Crippen LogP contribution in [0.25, 0.3) is 0 Å². The Bertz CT molecular complexity index is 541. The highest BCUT2D eigenvalue weighted by Crippen LogP contribution is 2.08. The van der Waals surface area contributed by atoms with Crippen LogP contribution in [-0.2, 0) is 23.9 Å². The van der Waals surface area contributed by atoms with Gasteiger partial charge in [0.25, 0.3) is 5.91 Å². The van der Waals surface area contributed by atoms with E-state index in [1.165, 1.54) is 6.20 Å². The number of hydrogen-bond donors (Lipinski definition) is 2. The molecule has 1 rings (SSSR count). The molecule has 1 aliphatic rings. The molecule has 0 aromatic rings. The van der Waals surface area contributed by atoms with E-state index in [4.69, 9.17) is 9.47 Å². The average Bonchev–Trinajstić information content (AvgIpc) is 2.37. The minimum atomic E-state index is -0.681. The molecule has 1 heterocycles. The van der Waals surface area contributed by atoms with Gasteiger partial charge in [0.05, 0.1) is 6.61 Å². The lowest BCUT2D eigenvalue weighted by Crippen LogP contribution is -2.35. The first-order chi connectivity index (χ1) is 10.2. The van der Waals surface area contributed by atoms with Gasteiger partial charge in [0.2, 0.25) is 0 Å². The van der Waals surface area contributed by atoms with Gasteiger partial charge in [0.15, 0.2) is 0 Å². The van der Waals surface area contributed by atoms with Crippen molar-refractivity contribution in [3.63, 3.8) is 0 Å². The SMILES string of the molecule is C=C1NC=C(CCOC(=O)/C=C/C(=O)OC(C)(C)C)C(=O)N1. The van der Waals surface area contributed by atoms with E-state index >= 15 is 0 Å². The molecule has 1 amide bonds. The van der Waals surface area contributed by atoms with E-state index in [0.29, 0.717) is 11.4 Å². The summed E-state index contributed by atoms with van der Waals surface area (Å²) in [6.45, 7) is 8.74. The molecular weight excluding hydrogens is 288 g/mol. The minimum absolute atomic E-state index is 0.0188. The second-order valence-electron chi connectivity index (χ2n) is 5.53. The van der Waals surface area contributed by atoms with Gasteiger partial charge in [-0.2, -0.15) is 0 Å². The monoisotopic (exact) mass is 308 g/mol. The molecule has 0 saturated heterocycles. The molecule has 0 saturated carbocycles. The van der Waals surface area contributed by atoms with Crippen molar-refractivity contribution in [1.29, 1.82) is 0 Å². The van der Waals surface area contributed by atoms with Crippen LogP contribution in [-0.4, -0.2) is 30.1 Å². The molecule has 0 radical (unpaired) electrons. The molecule has 7 nitrogen and oxygen atoms in total. The highest BCUT2D eigenvalue weighted by Gasteiger charge is 2.16. The van der Waals surface area contributed by atoms with Crippen LogP contribution in [0.3, 0.4) is 0 Å². The van der Waals surface area contributed by atoms with Crippen LogP contribution in [0.2, 0.25) is 0 Å². The Hall–Kier alpha value is -2.57. The number of hydrogen-bond acceptors (Lipinski definition) is 6. The first-order valence-corrected chi connectivity index (χ1v) is 6.71. The summed E-state index contributed by atoms with van der Waals surface area (Å²) in [5, 5.41) is 5.26. The zero-order valence-electron chi connectivity index (χ0n) is 12.9. The lowest BCUT2D eigenvalue weighted by Gasteiger charge is -2.17. The van der Waals surface area contributed by atoms with Crippen molar-refractivity contribution in [2.75, 3.05) is 6.61 Å². The van der Waals surface area contributed by atoms with E-state index in [1.807, 2.05) is 0 Å². The number of carbonyl (C=O) groups is 3. The predicted octanol–water partition coefficient (Wildman–Crippen LogP) is 0.892. The minimum Gasteiger partial charge on any atom is -0.462 e. The number of amides is 1. The summed E-state index contributed by atoms with van der Waals surface area (Å²) in [5.41, 5.74) is -0.181. The lowest BCUT2D eigenvalue weighted by atomic mass is 10.2. The third-order valence-electron chi connectivity index (χ3n) is 2.35. The number of carbonyl (C=O) groups excluding carboxylic acids is 3. The molecular formula is C15H20N2O5. The van der Waals surface area contributed by atoms with Crippen LogP contribution < -0.4 is 10.6 Å². The van der Waals surface area contributed by atoms with Crippen molar-refractivity contribution < 1.29 is 23.9 Å². The highest BCUT2D eigenvalue weighted by molar-refractivity contribution is 5.95. The molecule has 0 spiro atoms. The van der Waals surface area contributed by atoms with E-state index in [-0.39, 0.29) is 18.9 Å². The quantitative estimate of drug-likeness (QED) is 0.579. The average molecular weight is 308 g/mol. The molecule has 0 unspecified atom stereocenters. The first-order valence-electron chi connectivity index (χ1n) is 6.71. The van der Waals surface area contributed by atoms with Crippen LogP contribution in [0.4, 0.5) is 0 Å². The summed E-state index contributed by atoms with van der Waals surface area (Å²) >= 11 is 0. The Kier molecular flexibility index (Phi) is 5.91. The Morgan fingerprint density at radius 1 is 1.27 bits per heavy atom. The van der Waals surface area contributed by atoms with Crippen molar-refractivity contribution in [2.45, 2.75) is 32.8 Å². The Labute approximate surface area is 129 Å². The summed E-state index contributed by atoms with van der Waals surface area (Å²) in [7, 11) is 0. The fourth-order valence-corrected chi connectivity index (χ4v) is 1.46. The van der Waals surface area contributed by atoms with E-state index in [0.717, 1.165) is 12.2 Å². The normalized spacial score (nSPS) is 15.0. The smallest absolute Gasteiger partial charge is 0.331 e. The number of rotatable bonds is 5. The molecule has 120 valence electrons. The van der Waals surface area contributed by atoms with Gasteiger partial charge in [-0.05, 0) is 20.8 Å². The Morgan fingerprint density at radius 2 is 1.91 bits per heavy atom. The zero-order chi connectivity index (χ0) is 16.8. The van der Waals surface area contributed by atoms with Gasteiger partial charge in [-0.15, -0.1) is 0 Å². The van der Waals surface area contributed by atoms with Crippen molar-refractivity contribution in [3.05, 3.63) is 36.3 Å². The summed E-state index contributed by atoms with van der Waals surface area (Å²) in [6.07, 6.45) is 3.75. The highest BCUT2D eigenvalue weighted by atomic mass is 16.6. The van der Waals surface area contributed by atoms with Crippen molar-refractivity contribution >= 4 is 17.8 Å². The van der Waals surface area contributed by atoms with E-state index < -0.39 is 17.5 Å². The van der Waals surface area contributed by atoms with Crippen LogP contribution in [0, 0.1) is 0 Å². The largest absolute Gasteiger partial charge is 0.462 e. The fraction of sp³-hybridized carbons (Fsp3) is 0.400. The van der Waals surface area contributed by atoms with Gasteiger partial charge in [-0.25, -0.2) is 9.59 Å². The van der Waals surface area contributed by atoms with E-state index in [2.05, 4.69) is 17.2 Å². The number of nitrogens with one attached hydrogen (secondary N) is 2. The summed E-state index contributed by atoms with van der Waals surface area (Å²) in [4.78, 5) is 34.3. The third kappa shape index (κ3) is 6.74. The van der Waals surface area contributed by atoms with Crippen molar-refractivity contribution in [2.24, 2.45) is 0 Å². The molecule has 7 heteroatoms. The molecule has 0 bridgehead atoms. The number of ether oxygens (including phenoxy) is 2. The van der Waals surface area contributed by atoms with Crippen LogP contribution in [0.15, 0.2) is 36.3 Å². The number of esters is 2. The molecule has 0 aliphatic carbocycles. The molecule has 0 fully saturated rings. The van der Waals surface area contributed by atoms with Crippen LogP contribution in [0.5, 0.6) is 0 Å². The topological polar surface area (TPSA) is 93.7 Å². The van der Waals surface area contributed by atoms with Gasteiger partial charge in [0.1, 0.15) is 11.4 Å². The maximum atomic E-state index is 11.5. The van der Waals surface area contributed by atoms with Crippen molar-refractivity contribution in [1.82, 2.24) is 10.6 Å². The first kappa shape index (κ1) is 17.5. The Morgan fingerprint density at radius 3 is 2.50 bits per heavy atom. The lowest BCUT2D eigenvalue weighted by molar-refractivity contribution is -0.149. The standard InChI is InChI=1S/C15H20N2O5/c1-10-16-9-11(14(20)17-10)7-8-21-12(18)5-6-13(19)22-15(2,3)4/h5-6,9,16H,1,7-8H2,2-4H3,(H,17,20)/b6-5+. The third-order valence-corrected chi connectivity index (χ3v) is 2.35.